The Morgan fingerprint density at radius 3 is 2.83 bits per heavy atom. The first-order valence-corrected chi connectivity index (χ1v) is 7.47. The van der Waals surface area contributed by atoms with Crippen LogP contribution >= 0.6 is 0 Å². The van der Waals surface area contributed by atoms with Gasteiger partial charge in [0.15, 0.2) is 5.69 Å². The molecule has 6 heteroatoms. The van der Waals surface area contributed by atoms with E-state index in [2.05, 4.69) is 10.3 Å². The van der Waals surface area contributed by atoms with Gasteiger partial charge >= 0.3 is 5.97 Å². The molecule has 0 bridgehead atoms. The molecule has 1 aromatic carbocycles. The second-order valence-electron chi connectivity index (χ2n) is 5.45. The quantitative estimate of drug-likeness (QED) is 0.913. The zero-order valence-electron chi connectivity index (χ0n) is 12.6. The minimum atomic E-state index is -1.14. The summed E-state index contributed by atoms with van der Waals surface area (Å²) in [4.78, 5) is 15.8. The van der Waals surface area contributed by atoms with Crippen molar-refractivity contribution >= 4 is 5.97 Å². The number of carboxylic acids is 1. The summed E-state index contributed by atoms with van der Waals surface area (Å²) < 4.78 is 27.6. The Kier molecular flexibility index (Phi) is 4.09. The van der Waals surface area contributed by atoms with E-state index in [-0.39, 0.29) is 11.3 Å². The first-order chi connectivity index (χ1) is 11.0. The molecule has 0 amide bonds. The van der Waals surface area contributed by atoms with Crippen LogP contribution in [0.25, 0.3) is 11.1 Å². The van der Waals surface area contributed by atoms with Gasteiger partial charge in [-0.3, -0.25) is 0 Å². The Hall–Kier alpha value is -2.34. The molecule has 3 rings (SSSR count). The second-order valence-corrected chi connectivity index (χ2v) is 5.45. The lowest BCUT2D eigenvalue weighted by molar-refractivity contribution is 0.0689. The molecule has 0 spiro atoms. The molecule has 0 saturated heterocycles. The van der Waals surface area contributed by atoms with E-state index in [0.29, 0.717) is 42.8 Å². The second kappa shape index (κ2) is 6.04. The van der Waals surface area contributed by atoms with Crippen molar-refractivity contribution in [3.05, 3.63) is 52.3 Å². The van der Waals surface area contributed by atoms with Gasteiger partial charge < -0.3 is 10.4 Å². The molecule has 0 saturated carbocycles. The molecule has 23 heavy (non-hydrogen) atoms. The number of carbonyl (C=O) groups is 1. The topological polar surface area (TPSA) is 62.2 Å². The fourth-order valence-electron chi connectivity index (χ4n) is 3.09. The van der Waals surface area contributed by atoms with E-state index < -0.39 is 17.6 Å². The van der Waals surface area contributed by atoms with Gasteiger partial charge in [-0.25, -0.2) is 18.6 Å². The van der Waals surface area contributed by atoms with Crippen LogP contribution in [-0.2, 0) is 19.4 Å². The average Bonchev–Trinajstić information content (AvgIpc) is 2.53. The number of hydrogen-bond donors (Lipinski definition) is 2. The molecule has 2 heterocycles. The maximum atomic E-state index is 14.3. The van der Waals surface area contributed by atoms with Crippen LogP contribution in [0.3, 0.4) is 0 Å². The average molecular weight is 318 g/mol. The number of benzene rings is 1. The van der Waals surface area contributed by atoms with Crippen LogP contribution < -0.4 is 5.32 Å². The van der Waals surface area contributed by atoms with Gasteiger partial charge in [-0.05, 0) is 48.2 Å². The Labute approximate surface area is 132 Å². The summed E-state index contributed by atoms with van der Waals surface area (Å²) in [5.41, 5.74) is 2.67. The first-order valence-electron chi connectivity index (χ1n) is 7.47. The third-order valence-corrected chi connectivity index (χ3v) is 4.09. The lowest BCUT2D eigenvalue weighted by atomic mass is 9.88. The number of aromatic carboxylic acids is 1. The van der Waals surface area contributed by atoms with E-state index in [1.54, 1.807) is 0 Å². The lowest BCUT2D eigenvalue weighted by Gasteiger charge is -2.24. The zero-order chi connectivity index (χ0) is 16.6. The fraction of sp³-hybridized carbons (Fsp3) is 0.294. The van der Waals surface area contributed by atoms with Crippen LogP contribution in [0.15, 0.2) is 18.2 Å². The normalized spacial score (nSPS) is 13.7. The number of fused-ring (bicyclic) bond motifs is 1. The summed E-state index contributed by atoms with van der Waals surface area (Å²) in [5.74, 6) is -2.49. The van der Waals surface area contributed by atoms with Gasteiger partial charge in [0.2, 0.25) is 0 Å². The third kappa shape index (κ3) is 2.70. The van der Waals surface area contributed by atoms with Crippen molar-refractivity contribution < 1.29 is 18.7 Å². The Balaban J connectivity index is 2.36. The largest absolute Gasteiger partial charge is 0.477 e. The number of rotatable bonds is 3. The molecule has 0 unspecified atom stereocenters. The van der Waals surface area contributed by atoms with E-state index in [4.69, 9.17) is 0 Å². The van der Waals surface area contributed by atoms with Crippen molar-refractivity contribution in [2.24, 2.45) is 0 Å². The van der Waals surface area contributed by atoms with Gasteiger partial charge in [0.1, 0.15) is 11.6 Å². The van der Waals surface area contributed by atoms with E-state index in [1.165, 1.54) is 12.1 Å². The molecule has 1 aromatic heterocycles. The number of nitrogens with one attached hydrogen (secondary N) is 1. The van der Waals surface area contributed by atoms with Crippen molar-refractivity contribution in [3.8, 4) is 11.1 Å². The number of nitrogens with zero attached hydrogens (tertiary/aromatic N) is 1. The highest BCUT2D eigenvalue weighted by atomic mass is 19.1. The SMILES string of the molecule is CCc1c(C(=O)O)nc2c(c1-c1ccc(F)cc1F)CCNC2. The standard InChI is InChI=1S/C17H16F2N2O2/c1-2-10-15(11-4-3-9(18)7-13(11)19)12-5-6-20-8-14(12)21-16(10)17(22)23/h3-4,7,20H,2,5-6,8H2,1H3,(H,22,23). The molecule has 0 aliphatic carbocycles. The fourth-order valence-corrected chi connectivity index (χ4v) is 3.09. The molecule has 2 N–H and O–H groups in total. The minimum Gasteiger partial charge on any atom is -0.477 e. The molecular formula is C17H16F2N2O2. The number of hydrogen-bond acceptors (Lipinski definition) is 3. The van der Waals surface area contributed by atoms with Crippen LogP contribution in [0.2, 0.25) is 0 Å². The molecule has 4 nitrogen and oxygen atoms in total. The first kappa shape index (κ1) is 15.6. The Bertz CT molecular complexity index is 791. The van der Waals surface area contributed by atoms with E-state index in [9.17, 15) is 18.7 Å². The molecule has 0 radical (unpaired) electrons. The number of aromatic nitrogens is 1. The van der Waals surface area contributed by atoms with E-state index >= 15 is 0 Å². The van der Waals surface area contributed by atoms with Gasteiger partial charge in [0, 0.05) is 18.2 Å². The summed E-state index contributed by atoms with van der Waals surface area (Å²) in [6.45, 7) is 2.96. The van der Waals surface area contributed by atoms with Crippen LogP contribution in [0.1, 0.15) is 34.2 Å². The number of carboxylic acid groups (broad SMARTS) is 1. The van der Waals surface area contributed by atoms with Crippen molar-refractivity contribution in [1.29, 1.82) is 0 Å². The maximum absolute atomic E-state index is 14.3. The van der Waals surface area contributed by atoms with E-state index in [0.717, 1.165) is 11.6 Å². The Morgan fingerprint density at radius 1 is 1.39 bits per heavy atom. The molecule has 1 aliphatic heterocycles. The Morgan fingerprint density at radius 2 is 2.17 bits per heavy atom. The molecule has 0 atom stereocenters. The molecule has 1 aliphatic rings. The van der Waals surface area contributed by atoms with Crippen LogP contribution in [0.5, 0.6) is 0 Å². The summed E-state index contributed by atoms with van der Waals surface area (Å²) >= 11 is 0. The summed E-state index contributed by atoms with van der Waals surface area (Å²) in [5, 5.41) is 12.6. The van der Waals surface area contributed by atoms with Crippen molar-refractivity contribution in [3.63, 3.8) is 0 Å². The molecular weight excluding hydrogens is 302 g/mol. The van der Waals surface area contributed by atoms with Gasteiger partial charge in [-0.15, -0.1) is 0 Å². The lowest BCUT2D eigenvalue weighted by Crippen LogP contribution is -2.27. The van der Waals surface area contributed by atoms with Crippen molar-refractivity contribution in [2.75, 3.05) is 6.54 Å². The number of halogens is 2. The van der Waals surface area contributed by atoms with Gasteiger partial charge in [-0.2, -0.15) is 0 Å². The van der Waals surface area contributed by atoms with E-state index in [1.807, 2.05) is 6.92 Å². The van der Waals surface area contributed by atoms with Crippen LogP contribution in [0.4, 0.5) is 8.78 Å². The summed E-state index contributed by atoms with van der Waals surface area (Å²) in [7, 11) is 0. The third-order valence-electron chi connectivity index (χ3n) is 4.09. The zero-order valence-corrected chi connectivity index (χ0v) is 12.6. The predicted octanol–water partition coefficient (Wildman–Crippen LogP) is 2.93. The van der Waals surface area contributed by atoms with Gasteiger partial charge in [-0.1, -0.05) is 6.92 Å². The summed E-state index contributed by atoms with van der Waals surface area (Å²) in [6.07, 6.45) is 1.03. The van der Waals surface area contributed by atoms with Gasteiger partial charge in [0.05, 0.1) is 5.69 Å². The highest BCUT2D eigenvalue weighted by molar-refractivity contribution is 5.91. The summed E-state index contributed by atoms with van der Waals surface area (Å²) in [6, 6.07) is 3.38. The molecule has 120 valence electrons. The van der Waals surface area contributed by atoms with Crippen LogP contribution in [-0.4, -0.2) is 22.6 Å². The molecule has 0 fully saturated rings. The number of pyridine rings is 1. The smallest absolute Gasteiger partial charge is 0.354 e. The minimum absolute atomic E-state index is 0.0614. The highest BCUT2D eigenvalue weighted by Gasteiger charge is 2.26. The van der Waals surface area contributed by atoms with Crippen molar-refractivity contribution in [2.45, 2.75) is 26.3 Å². The predicted molar refractivity (Wildman–Crippen MR) is 81.3 cm³/mol. The highest BCUT2D eigenvalue weighted by Crippen LogP contribution is 2.35. The molecule has 2 aromatic rings. The van der Waals surface area contributed by atoms with Crippen LogP contribution in [0, 0.1) is 11.6 Å². The monoisotopic (exact) mass is 318 g/mol. The maximum Gasteiger partial charge on any atom is 0.354 e. The van der Waals surface area contributed by atoms with Gasteiger partial charge in [0.25, 0.3) is 0 Å². The van der Waals surface area contributed by atoms with Crippen molar-refractivity contribution in [1.82, 2.24) is 10.3 Å².